The molecule has 0 saturated heterocycles. The van der Waals surface area contributed by atoms with Crippen molar-refractivity contribution in [1.82, 2.24) is 0 Å². The molecule has 1 aromatic rings. The van der Waals surface area contributed by atoms with E-state index in [0.29, 0.717) is 24.7 Å². The fourth-order valence-corrected chi connectivity index (χ4v) is 1.86. The summed E-state index contributed by atoms with van der Waals surface area (Å²) in [6.07, 6.45) is 1.65. The summed E-state index contributed by atoms with van der Waals surface area (Å²) in [5, 5.41) is 9.18. The minimum Gasteiger partial charge on any atom is -0.493 e. The fraction of sp³-hybridized carbons (Fsp3) is 0.500. The van der Waals surface area contributed by atoms with Crippen molar-refractivity contribution in [2.24, 2.45) is 0 Å². The second-order valence-electron chi connectivity index (χ2n) is 3.84. The third-order valence-corrected chi connectivity index (χ3v) is 2.54. The normalized spacial score (nSPS) is 10.2. The Morgan fingerprint density at radius 2 is 1.83 bits per heavy atom. The SMILES string of the molecule is CCCc1c(OCC)ccc(C(=O)O)c1OCC. The number of rotatable bonds is 7. The second kappa shape index (κ2) is 6.89. The molecule has 1 rings (SSSR count). The van der Waals surface area contributed by atoms with Gasteiger partial charge in [0.1, 0.15) is 17.1 Å². The van der Waals surface area contributed by atoms with Gasteiger partial charge in [0.05, 0.1) is 13.2 Å². The number of hydrogen-bond donors (Lipinski definition) is 1. The van der Waals surface area contributed by atoms with Crippen LogP contribution in [0.15, 0.2) is 12.1 Å². The molecule has 0 aliphatic heterocycles. The lowest BCUT2D eigenvalue weighted by atomic mass is 10.0. The molecule has 0 unspecified atom stereocenters. The van der Waals surface area contributed by atoms with Crippen molar-refractivity contribution in [3.8, 4) is 11.5 Å². The molecule has 0 radical (unpaired) electrons. The average Bonchev–Trinajstić information content (AvgIpc) is 2.33. The molecule has 0 amide bonds. The van der Waals surface area contributed by atoms with E-state index in [9.17, 15) is 9.90 Å². The van der Waals surface area contributed by atoms with Crippen LogP contribution in [0.2, 0.25) is 0 Å². The lowest BCUT2D eigenvalue weighted by molar-refractivity contribution is 0.0692. The number of benzene rings is 1. The molecule has 4 nitrogen and oxygen atoms in total. The van der Waals surface area contributed by atoms with Crippen LogP contribution in [-0.2, 0) is 6.42 Å². The van der Waals surface area contributed by atoms with Crippen LogP contribution >= 0.6 is 0 Å². The van der Waals surface area contributed by atoms with Crippen LogP contribution in [0.4, 0.5) is 0 Å². The van der Waals surface area contributed by atoms with Crippen LogP contribution in [0.5, 0.6) is 11.5 Å². The predicted molar refractivity (Wildman–Crippen MR) is 69.7 cm³/mol. The van der Waals surface area contributed by atoms with Gasteiger partial charge in [0.15, 0.2) is 0 Å². The molecule has 4 heteroatoms. The first-order valence-corrected chi connectivity index (χ1v) is 6.30. The van der Waals surface area contributed by atoms with Gasteiger partial charge in [-0.2, -0.15) is 0 Å². The molecule has 0 aromatic heterocycles. The van der Waals surface area contributed by atoms with Crippen molar-refractivity contribution in [2.75, 3.05) is 13.2 Å². The van der Waals surface area contributed by atoms with E-state index < -0.39 is 5.97 Å². The van der Waals surface area contributed by atoms with Crippen molar-refractivity contribution in [2.45, 2.75) is 33.6 Å². The highest BCUT2D eigenvalue weighted by atomic mass is 16.5. The summed E-state index contributed by atoms with van der Waals surface area (Å²) < 4.78 is 11.0. The Kier molecular flexibility index (Phi) is 5.49. The Hall–Kier alpha value is -1.71. The first kappa shape index (κ1) is 14.4. The van der Waals surface area contributed by atoms with E-state index in [4.69, 9.17) is 9.47 Å². The van der Waals surface area contributed by atoms with Crippen LogP contribution in [0, 0.1) is 0 Å². The molecule has 100 valence electrons. The molecule has 18 heavy (non-hydrogen) atoms. The first-order valence-electron chi connectivity index (χ1n) is 6.30. The lowest BCUT2D eigenvalue weighted by Crippen LogP contribution is -2.08. The third-order valence-electron chi connectivity index (χ3n) is 2.54. The summed E-state index contributed by atoms with van der Waals surface area (Å²) in [5.41, 5.74) is 1.05. The minimum atomic E-state index is -0.973. The van der Waals surface area contributed by atoms with Crippen LogP contribution in [0.3, 0.4) is 0 Å². The number of hydrogen-bond acceptors (Lipinski definition) is 3. The van der Waals surface area contributed by atoms with E-state index in [-0.39, 0.29) is 5.56 Å². The monoisotopic (exact) mass is 252 g/mol. The molecule has 0 saturated carbocycles. The molecule has 0 bridgehead atoms. The highest BCUT2D eigenvalue weighted by molar-refractivity contribution is 5.92. The summed E-state index contributed by atoms with van der Waals surface area (Å²) in [6.45, 7) is 6.77. The van der Waals surface area contributed by atoms with E-state index in [0.717, 1.165) is 18.4 Å². The molecule has 1 aromatic carbocycles. The third kappa shape index (κ3) is 3.15. The van der Waals surface area contributed by atoms with Crippen LogP contribution in [0.25, 0.3) is 0 Å². The van der Waals surface area contributed by atoms with Crippen LogP contribution < -0.4 is 9.47 Å². The van der Waals surface area contributed by atoms with Crippen molar-refractivity contribution in [1.29, 1.82) is 0 Å². The quantitative estimate of drug-likeness (QED) is 0.810. The average molecular weight is 252 g/mol. The smallest absolute Gasteiger partial charge is 0.339 e. The van der Waals surface area contributed by atoms with Gasteiger partial charge in [-0.1, -0.05) is 13.3 Å². The lowest BCUT2D eigenvalue weighted by Gasteiger charge is -2.16. The van der Waals surface area contributed by atoms with Crippen LogP contribution in [0.1, 0.15) is 43.1 Å². The zero-order valence-electron chi connectivity index (χ0n) is 11.2. The fourth-order valence-electron chi connectivity index (χ4n) is 1.86. The Morgan fingerprint density at radius 1 is 1.17 bits per heavy atom. The minimum absolute atomic E-state index is 0.198. The van der Waals surface area contributed by atoms with E-state index in [1.54, 1.807) is 6.07 Å². The molecule has 0 spiro atoms. The highest BCUT2D eigenvalue weighted by Crippen LogP contribution is 2.33. The van der Waals surface area contributed by atoms with E-state index in [1.165, 1.54) is 6.07 Å². The van der Waals surface area contributed by atoms with Gasteiger partial charge in [-0.15, -0.1) is 0 Å². The Morgan fingerprint density at radius 3 is 2.33 bits per heavy atom. The zero-order valence-corrected chi connectivity index (χ0v) is 11.2. The largest absolute Gasteiger partial charge is 0.493 e. The zero-order chi connectivity index (χ0) is 13.5. The van der Waals surface area contributed by atoms with Gasteiger partial charge in [0.2, 0.25) is 0 Å². The van der Waals surface area contributed by atoms with Gasteiger partial charge in [-0.25, -0.2) is 4.79 Å². The number of aromatic carboxylic acids is 1. The van der Waals surface area contributed by atoms with Gasteiger partial charge >= 0.3 is 5.97 Å². The van der Waals surface area contributed by atoms with Gasteiger partial charge in [-0.05, 0) is 32.4 Å². The maximum atomic E-state index is 11.2. The summed E-state index contributed by atoms with van der Waals surface area (Å²) in [6, 6.07) is 3.25. The molecule has 0 aliphatic carbocycles. The number of ether oxygens (including phenoxy) is 2. The Bertz CT molecular complexity index is 413. The molecule has 0 fully saturated rings. The maximum Gasteiger partial charge on any atom is 0.339 e. The van der Waals surface area contributed by atoms with Gasteiger partial charge in [0.25, 0.3) is 0 Å². The Labute approximate surface area is 108 Å². The molecular weight excluding hydrogens is 232 g/mol. The highest BCUT2D eigenvalue weighted by Gasteiger charge is 2.19. The number of carbonyl (C=O) groups is 1. The van der Waals surface area contributed by atoms with Gasteiger partial charge in [0, 0.05) is 5.56 Å². The van der Waals surface area contributed by atoms with Crippen molar-refractivity contribution >= 4 is 5.97 Å². The van der Waals surface area contributed by atoms with Gasteiger partial charge in [-0.3, -0.25) is 0 Å². The second-order valence-corrected chi connectivity index (χ2v) is 3.84. The molecule has 0 heterocycles. The number of carboxylic acids is 1. The standard InChI is InChI=1S/C14H20O4/c1-4-7-10-12(17-5-2)9-8-11(14(15)16)13(10)18-6-3/h8-9H,4-7H2,1-3H3,(H,15,16). The summed E-state index contributed by atoms with van der Waals surface area (Å²) >= 11 is 0. The maximum absolute atomic E-state index is 11.2. The van der Waals surface area contributed by atoms with Crippen molar-refractivity contribution < 1.29 is 19.4 Å². The molecule has 0 atom stereocenters. The predicted octanol–water partition coefficient (Wildman–Crippen LogP) is 3.13. The van der Waals surface area contributed by atoms with E-state index in [2.05, 4.69) is 0 Å². The van der Waals surface area contributed by atoms with E-state index in [1.807, 2.05) is 20.8 Å². The number of carboxylic acid groups (broad SMARTS) is 1. The Balaban J connectivity index is 3.33. The molecular formula is C14H20O4. The van der Waals surface area contributed by atoms with Gasteiger partial charge < -0.3 is 14.6 Å². The molecule has 0 aliphatic rings. The first-order chi connectivity index (χ1) is 8.65. The summed E-state index contributed by atoms with van der Waals surface area (Å²) in [4.78, 5) is 11.2. The summed E-state index contributed by atoms with van der Waals surface area (Å²) in [5.74, 6) is 0.185. The van der Waals surface area contributed by atoms with Crippen molar-refractivity contribution in [3.63, 3.8) is 0 Å². The van der Waals surface area contributed by atoms with Crippen LogP contribution in [-0.4, -0.2) is 24.3 Å². The van der Waals surface area contributed by atoms with E-state index >= 15 is 0 Å². The summed E-state index contributed by atoms with van der Waals surface area (Å²) in [7, 11) is 0. The molecule has 1 N–H and O–H groups in total. The topological polar surface area (TPSA) is 55.8 Å². The van der Waals surface area contributed by atoms with Crippen molar-refractivity contribution in [3.05, 3.63) is 23.3 Å².